The molecule has 8 rings (SSSR count). The van der Waals surface area contributed by atoms with Gasteiger partial charge in [0.1, 0.15) is 5.57 Å². The Balaban J connectivity index is 1.37. The first-order chi connectivity index (χ1) is 26.0. The van der Waals surface area contributed by atoms with Crippen LogP contribution in [0.15, 0.2) is 95.1 Å². The maximum absolute atomic E-state index is 13.9. The van der Waals surface area contributed by atoms with Gasteiger partial charge in [-0.2, -0.15) is 0 Å². The van der Waals surface area contributed by atoms with Crippen LogP contribution in [0.5, 0.6) is 0 Å². The van der Waals surface area contributed by atoms with Crippen molar-refractivity contribution in [3.63, 3.8) is 0 Å². The topological polar surface area (TPSA) is 67.6 Å². The van der Waals surface area contributed by atoms with Crippen molar-refractivity contribution in [3.05, 3.63) is 117 Å². The van der Waals surface area contributed by atoms with Crippen molar-refractivity contribution in [1.82, 2.24) is 18.9 Å². The molecule has 2 aromatic heterocycles. The van der Waals surface area contributed by atoms with Crippen LogP contribution in [-0.2, 0) is 22.7 Å². The van der Waals surface area contributed by atoms with Crippen LogP contribution >= 0.6 is 0 Å². The SMILES string of the molecule is CCn1c(=CC=C2CCC(=CC=c3c4cccc5c(C(C)C)ccc(c54)n3CC)C2=C2C(=O)N(C)C(=O)N(C)C2=O)c2cccc3c(C(C)C)ccc1c32. The molecule has 6 aromatic rings. The second-order valence-corrected chi connectivity index (χ2v) is 15.4. The number of barbiturate groups is 1. The van der Waals surface area contributed by atoms with Crippen molar-refractivity contribution in [2.24, 2.45) is 0 Å². The Morgan fingerprint density at radius 1 is 0.556 bits per heavy atom. The van der Waals surface area contributed by atoms with Gasteiger partial charge in [0.25, 0.3) is 11.8 Å². The lowest BCUT2D eigenvalue weighted by Crippen LogP contribution is -2.53. The number of carbonyl (C=O) groups is 3. The summed E-state index contributed by atoms with van der Waals surface area (Å²) in [5, 5.41) is 9.63. The Morgan fingerprint density at radius 2 is 0.963 bits per heavy atom. The zero-order valence-electron chi connectivity index (χ0n) is 32.6. The van der Waals surface area contributed by atoms with Gasteiger partial charge in [0, 0.05) is 70.5 Å². The molecule has 4 amide bonds. The minimum absolute atomic E-state index is 0.0443. The maximum atomic E-state index is 13.9. The summed E-state index contributed by atoms with van der Waals surface area (Å²) >= 11 is 0. The Kier molecular flexibility index (Phi) is 8.71. The minimum Gasteiger partial charge on any atom is -0.341 e. The molecule has 1 aliphatic heterocycles. The zero-order chi connectivity index (χ0) is 38.2. The molecule has 1 saturated carbocycles. The Hall–Kier alpha value is -5.69. The lowest BCUT2D eigenvalue weighted by atomic mass is 9.94. The van der Waals surface area contributed by atoms with E-state index < -0.39 is 17.8 Å². The average Bonchev–Trinajstić information content (AvgIpc) is 3.82. The van der Waals surface area contributed by atoms with Crippen molar-refractivity contribution in [2.45, 2.75) is 79.3 Å². The van der Waals surface area contributed by atoms with Crippen LogP contribution in [-0.4, -0.2) is 50.9 Å². The molecular weight excluding hydrogens is 669 g/mol. The number of rotatable bonds is 6. The molecule has 0 radical (unpaired) electrons. The van der Waals surface area contributed by atoms with Gasteiger partial charge in [0.2, 0.25) is 0 Å². The highest BCUT2D eigenvalue weighted by Gasteiger charge is 2.42. The van der Waals surface area contributed by atoms with Crippen LogP contribution in [0.25, 0.3) is 55.5 Å². The van der Waals surface area contributed by atoms with Gasteiger partial charge in [-0.3, -0.25) is 19.4 Å². The van der Waals surface area contributed by atoms with Gasteiger partial charge >= 0.3 is 6.03 Å². The normalized spacial score (nSPS) is 18.2. The molecule has 2 fully saturated rings. The lowest BCUT2D eigenvalue weighted by Gasteiger charge is -2.30. The van der Waals surface area contributed by atoms with Crippen LogP contribution in [0.1, 0.15) is 77.3 Å². The number of carbonyl (C=O) groups excluding carboxylic acids is 3. The molecule has 2 aliphatic rings. The summed E-state index contributed by atoms with van der Waals surface area (Å²) in [4.78, 5) is 42.8. The third-order valence-electron chi connectivity index (χ3n) is 11.7. The van der Waals surface area contributed by atoms with Gasteiger partial charge in [0.05, 0.1) is 0 Å². The van der Waals surface area contributed by atoms with E-state index in [2.05, 4.69) is 136 Å². The number of nitrogens with zero attached hydrogens (tertiary/aromatic N) is 4. The fraction of sp³-hybridized carbons (Fsp3) is 0.298. The van der Waals surface area contributed by atoms with E-state index in [0.29, 0.717) is 30.3 Å². The predicted molar refractivity (Wildman–Crippen MR) is 221 cm³/mol. The molecule has 1 aliphatic carbocycles. The Morgan fingerprint density at radius 3 is 1.35 bits per heavy atom. The average molecular weight is 717 g/mol. The van der Waals surface area contributed by atoms with Crippen LogP contribution in [0, 0.1) is 0 Å². The molecule has 0 atom stereocenters. The molecule has 7 heteroatoms. The number of amides is 4. The van der Waals surface area contributed by atoms with E-state index in [1.54, 1.807) is 0 Å². The largest absolute Gasteiger partial charge is 0.341 e. The van der Waals surface area contributed by atoms with Crippen molar-refractivity contribution < 1.29 is 14.4 Å². The smallest absolute Gasteiger partial charge is 0.333 e. The molecule has 0 N–H and O–H groups in total. The summed E-state index contributed by atoms with van der Waals surface area (Å²) in [6.45, 7) is 14.9. The van der Waals surface area contributed by atoms with Crippen LogP contribution < -0.4 is 10.7 Å². The molecular formula is C47H48N4O3. The molecule has 0 spiro atoms. The van der Waals surface area contributed by atoms with Crippen molar-refractivity contribution >= 4 is 73.3 Å². The van der Waals surface area contributed by atoms with Crippen molar-refractivity contribution in [2.75, 3.05) is 14.1 Å². The van der Waals surface area contributed by atoms with E-state index in [9.17, 15) is 14.4 Å². The number of urea groups is 1. The molecule has 1 saturated heterocycles. The van der Waals surface area contributed by atoms with Crippen molar-refractivity contribution in [1.29, 1.82) is 0 Å². The predicted octanol–water partition coefficient (Wildman–Crippen LogP) is 8.88. The van der Waals surface area contributed by atoms with E-state index >= 15 is 0 Å². The summed E-state index contributed by atoms with van der Waals surface area (Å²) in [6.07, 6.45) is 9.81. The van der Waals surface area contributed by atoms with Crippen LogP contribution in [0.2, 0.25) is 0 Å². The second kappa shape index (κ2) is 13.3. The summed E-state index contributed by atoms with van der Waals surface area (Å²) < 4.78 is 4.70. The first-order valence-electron chi connectivity index (χ1n) is 19.3. The van der Waals surface area contributed by atoms with Gasteiger partial charge in [-0.25, -0.2) is 4.79 Å². The van der Waals surface area contributed by atoms with Gasteiger partial charge in [0.15, 0.2) is 0 Å². The minimum atomic E-state index is -0.625. The lowest BCUT2D eigenvalue weighted by molar-refractivity contribution is -0.134. The first-order valence-corrected chi connectivity index (χ1v) is 19.3. The molecule has 3 heterocycles. The zero-order valence-corrected chi connectivity index (χ0v) is 32.6. The number of likely N-dealkylation sites (N-methyl/N-ethyl adjacent to an activating group) is 2. The Labute approximate surface area is 316 Å². The number of hydrogen-bond donors (Lipinski definition) is 0. The number of benzene rings is 4. The number of hydrogen-bond acceptors (Lipinski definition) is 3. The standard InChI is InChI=1S/C47H48N4O3/c1-9-50-37(35-15-11-13-33-31(27(3)4)21-25-39(50)42(33)35)23-19-29-17-18-30(41(29)44-45(52)48(7)47(54)49(8)46(44)53)20-24-38-36-16-12-14-34-32(28(5)6)22-26-40(43(34)36)51(38)10-2/h11-16,19-28H,9-10,17-18H2,1-8H3. The second-order valence-electron chi connectivity index (χ2n) is 15.4. The summed E-state index contributed by atoms with van der Waals surface area (Å²) in [7, 11) is 2.89. The number of allylic oxidation sites excluding steroid dienone is 5. The number of aromatic nitrogens is 2. The fourth-order valence-electron chi connectivity index (χ4n) is 9.07. The maximum Gasteiger partial charge on any atom is 0.333 e. The summed E-state index contributed by atoms with van der Waals surface area (Å²) in [5.74, 6) is -0.342. The van der Waals surface area contributed by atoms with E-state index in [0.717, 1.165) is 44.7 Å². The van der Waals surface area contributed by atoms with Gasteiger partial charge in [-0.05, 0) is 101 Å². The Bertz CT molecular complexity index is 2600. The summed E-state index contributed by atoms with van der Waals surface area (Å²) in [6, 6.07) is 21.5. The van der Waals surface area contributed by atoms with Gasteiger partial charge < -0.3 is 9.13 Å². The third kappa shape index (κ3) is 5.19. The third-order valence-corrected chi connectivity index (χ3v) is 11.7. The highest BCUT2D eigenvalue weighted by Crippen LogP contribution is 2.40. The molecule has 7 nitrogen and oxygen atoms in total. The van der Waals surface area contributed by atoms with Crippen LogP contribution in [0.3, 0.4) is 0 Å². The van der Waals surface area contributed by atoms with E-state index in [4.69, 9.17) is 0 Å². The molecule has 54 heavy (non-hydrogen) atoms. The fourth-order valence-corrected chi connectivity index (χ4v) is 9.07. The highest BCUT2D eigenvalue weighted by molar-refractivity contribution is 6.29. The van der Waals surface area contributed by atoms with E-state index in [1.165, 1.54) is 68.6 Å². The van der Waals surface area contributed by atoms with E-state index in [1.807, 2.05) is 0 Å². The van der Waals surface area contributed by atoms with Gasteiger partial charge in [-0.1, -0.05) is 88.4 Å². The number of aryl methyl sites for hydroxylation is 2. The highest BCUT2D eigenvalue weighted by atomic mass is 16.2. The monoisotopic (exact) mass is 716 g/mol. The molecule has 0 unspecified atom stereocenters. The molecule has 0 bridgehead atoms. The molecule has 4 aromatic carbocycles. The van der Waals surface area contributed by atoms with Crippen LogP contribution in [0.4, 0.5) is 4.79 Å². The summed E-state index contributed by atoms with van der Waals surface area (Å²) in [5.41, 5.74) is 7.55. The quantitative estimate of drug-likeness (QED) is 0.128. The molecule has 274 valence electrons. The number of imide groups is 2. The van der Waals surface area contributed by atoms with E-state index in [-0.39, 0.29) is 5.57 Å². The first kappa shape index (κ1) is 35.3. The van der Waals surface area contributed by atoms with Gasteiger partial charge in [-0.15, -0.1) is 0 Å². The van der Waals surface area contributed by atoms with Crippen molar-refractivity contribution in [3.8, 4) is 0 Å².